The van der Waals surface area contributed by atoms with Crippen LogP contribution in [0.5, 0.6) is 5.75 Å². The number of hydrogen-bond donors (Lipinski definition) is 2. The molecule has 3 N–H and O–H groups in total. The van der Waals surface area contributed by atoms with Crippen LogP contribution in [0.3, 0.4) is 0 Å². The minimum absolute atomic E-state index is 0.0113. The van der Waals surface area contributed by atoms with Gasteiger partial charge in [-0.1, -0.05) is 6.42 Å². The second-order valence-electron chi connectivity index (χ2n) is 9.00. The van der Waals surface area contributed by atoms with Gasteiger partial charge in [-0.25, -0.2) is 17.8 Å². The summed E-state index contributed by atoms with van der Waals surface area (Å²) in [4.78, 5) is 21.1. The molecule has 1 aliphatic carbocycles. The van der Waals surface area contributed by atoms with E-state index >= 15 is 0 Å². The Hall–Kier alpha value is -3.01. The van der Waals surface area contributed by atoms with Crippen molar-refractivity contribution in [2.24, 2.45) is 16.6 Å². The number of ether oxygens (including phenoxy) is 1. The SMILES string of the molecule is COc1ccc(C(=O)Nc2ccc(F)c(C3(C)CS(=O)(=O)C(C)(C4CCC4)C(N)=N3)c2)nc1. The minimum Gasteiger partial charge on any atom is -0.495 e. The van der Waals surface area contributed by atoms with Gasteiger partial charge in [-0.2, -0.15) is 0 Å². The summed E-state index contributed by atoms with van der Waals surface area (Å²) in [5.74, 6) is -1.07. The van der Waals surface area contributed by atoms with Crippen LogP contribution in [0.2, 0.25) is 0 Å². The van der Waals surface area contributed by atoms with Crippen molar-refractivity contribution in [2.45, 2.75) is 43.4 Å². The number of nitrogens with two attached hydrogens (primary N) is 1. The lowest BCUT2D eigenvalue weighted by atomic mass is 9.75. The van der Waals surface area contributed by atoms with E-state index in [1.54, 1.807) is 19.9 Å². The van der Waals surface area contributed by atoms with E-state index in [0.717, 1.165) is 19.3 Å². The highest BCUT2D eigenvalue weighted by Gasteiger charge is 2.57. The van der Waals surface area contributed by atoms with Gasteiger partial charge >= 0.3 is 0 Å². The van der Waals surface area contributed by atoms with Crippen LogP contribution < -0.4 is 15.8 Å². The number of nitrogens with one attached hydrogen (secondary N) is 1. The van der Waals surface area contributed by atoms with Crippen LogP contribution in [-0.4, -0.2) is 42.8 Å². The first-order valence-corrected chi connectivity index (χ1v) is 12.3. The summed E-state index contributed by atoms with van der Waals surface area (Å²) in [6, 6.07) is 7.07. The molecule has 0 saturated heterocycles. The summed E-state index contributed by atoms with van der Waals surface area (Å²) in [6.07, 6.45) is 3.92. The lowest BCUT2D eigenvalue weighted by Crippen LogP contribution is -2.61. The van der Waals surface area contributed by atoms with Crippen LogP contribution in [0.4, 0.5) is 10.1 Å². The number of benzene rings is 1. The zero-order chi connectivity index (χ0) is 24.0. The molecule has 1 aromatic carbocycles. The minimum atomic E-state index is -3.72. The first kappa shape index (κ1) is 23.2. The van der Waals surface area contributed by atoms with Crippen molar-refractivity contribution in [3.05, 3.63) is 53.6 Å². The predicted molar refractivity (Wildman–Crippen MR) is 124 cm³/mol. The monoisotopic (exact) mass is 474 g/mol. The molecule has 176 valence electrons. The van der Waals surface area contributed by atoms with Gasteiger partial charge in [0.25, 0.3) is 5.91 Å². The van der Waals surface area contributed by atoms with E-state index in [1.807, 2.05) is 0 Å². The number of rotatable bonds is 5. The van der Waals surface area contributed by atoms with Crippen LogP contribution in [-0.2, 0) is 15.4 Å². The Morgan fingerprint density at radius 2 is 1.97 bits per heavy atom. The van der Waals surface area contributed by atoms with Crippen LogP contribution in [0.1, 0.15) is 49.2 Å². The number of nitrogens with zero attached hydrogens (tertiary/aromatic N) is 2. The van der Waals surface area contributed by atoms with Gasteiger partial charge in [0.05, 0.1) is 19.1 Å². The molecule has 1 amide bonds. The van der Waals surface area contributed by atoms with Gasteiger partial charge in [-0.15, -0.1) is 0 Å². The Morgan fingerprint density at radius 3 is 2.52 bits per heavy atom. The second kappa shape index (κ2) is 8.09. The second-order valence-corrected chi connectivity index (χ2v) is 11.4. The van der Waals surface area contributed by atoms with Crippen LogP contribution in [0, 0.1) is 11.7 Å². The molecule has 0 radical (unpaired) electrons. The molecule has 2 unspecified atom stereocenters. The molecule has 2 heterocycles. The molecule has 0 bridgehead atoms. The lowest BCUT2D eigenvalue weighted by Gasteiger charge is -2.46. The normalized spacial score (nSPS) is 26.7. The van der Waals surface area contributed by atoms with Gasteiger partial charge in [-0.3, -0.25) is 9.79 Å². The van der Waals surface area contributed by atoms with E-state index in [4.69, 9.17) is 10.5 Å². The molecule has 1 aromatic heterocycles. The molecule has 8 nitrogen and oxygen atoms in total. The maximum absolute atomic E-state index is 14.9. The van der Waals surface area contributed by atoms with E-state index in [-0.39, 0.29) is 34.5 Å². The van der Waals surface area contributed by atoms with Gasteiger partial charge in [0.1, 0.15) is 33.4 Å². The molecule has 2 aromatic rings. The Morgan fingerprint density at radius 1 is 1.24 bits per heavy atom. The Balaban J connectivity index is 1.66. The number of methoxy groups -OCH3 is 1. The Kier molecular flexibility index (Phi) is 5.68. The number of halogens is 1. The van der Waals surface area contributed by atoms with Crippen molar-refractivity contribution in [1.82, 2.24) is 4.98 Å². The molecule has 0 spiro atoms. The highest BCUT2D eigenvalue weighted by Crippen LogP contribution is 2.47. The number of carbonyl (C=O) groups excluding carboxylic acids is 1. The third kappa shape index (κ3) is 3.86. The molecule has 1 aliphatic heterocycles. The molecular weight excluding hydrogens is 447 g/mol. The number of aromatic nitrogens is 1. The molecule has 33 heavy (non-hydrogen) atoms. The van der Waals surface area contributed by atoms with E-state index in [9.17, 15) is 17.6 Å². The van der Waals surface area contributed by atoms with Crippen LogP contribution >= 0.6 is 0 Å². The first-order valence-electron chi connectivity index (χ1n) is 10.7. The van der Waals surface area contributed by atoms with Gasteiger partial charge in [-0.05, 0) is 62.9 Å². The van der Waals surface area contributed by atoms with Crippen molar-refractivity contribution in [2.75, 3.05) is 18.2 Å². The van der Waals surface area contributed by atoms with Crippen molar-refractivity contribution in [3.63, 3.8) is 0 Å². The zero-order valence-electron chi connectivity index (χ0n) is 18.8. The zero-order valence-corrected chi connectivity index (χ0v) is 19.6. The number of amides is 1. The number of hydrogen-bond acceptors (Lipinski definition) is 7. The molecule has 4 rings (SSSR count). The lowest BCUT2D eigenvalue weighted by molar-refractivity contribution is 0.102. The van der Waals surface area contributed by atoms with E-state index < -0.39 is 31.8 Å². The molecular formula is C23H27FN4O4S. The van der Waals surface area contributed by atoms with E-state index in [2.05, 4.69) is 15.3 Å². The first-order chi connectivity index (χ1) is 15.5. The molecule has 2 aliphatic rings. The summed E-state index contributed by atoms with van der Waals surface area (Å²) in [6.45, 7) is 3.17. The number of pyridine rings is 1. The number of amidine groups is 1. The van der Waals surface area contributed by atoms with Gasteiger partial charge in [0.15, 0.2) is 9.84 Å². The van der Waals surface area contributed by atoms with Crippen molar-refractivity contribution >= 4 is 27.3 Å². The number of carbonyl (C=O) groups is 1. The molecule has 1 saturated carbocycles. The highest BCUT2D eigenvalue weighted by molar-refractivity contribution is 7.93. The third-order valence-corrected chi connectivity index (χ3v) is 9.66. The fraction of sp³-hybridized carbons (Fsp3) is 0.435. The standard InChI is InChI=1S/C23H27FN4O4S/c1-22(13-33(30,31)23(2,21(25)28-22)14-5-4-6-14)17-11-15(7-9-18(17)24)27-20(29)19-10-8-16(32-3)12-26-19/h7-12,14H,4-6,13H2,1-3H3,(H2,25,28)(H,27,29). The summed E-state index contributed by atoms with van der Waals surface area (Å²) in [5.41, 5.74) is 5.30. The van der Waals surface area contributed by atoms with Gasteiger partial charge in [0, 0.05) is 11.3 Å². The van der Waals surface area contributed by atoms with Crippen molar-refractivity contribution in [3.8, 4) is 5.75 Å². The average molecular weight is 475 g/mol. The third-order valence-electron chi connectivity index (χ3n) is 6.89. The van der Waals surface area contributed by atoms with E-state index in [0.29, 0.717) is 5.75 Å². The molecule has 10 heteroatoms. The maximum atomic E-state index is 14.9. The number of aliphatic imine (C=N–C) groups is 1. The summed E-state index contributed by atoms with van der Waals surface area (Å²) < 4.78 is 45.4. The van der Waals surface area contributed by atoms with Crippen LogP contribution in [0.15, 0.2) is 41.5 Å². The maximum Gasteiger partial charge on any atom is 0.274 e. The molecule has 2 atom stereocenters. The van der Waals surface area contributed by atoms with Gasteiger partial charge in [0.2, 0.25) is 0 Å². The smallest absolute Gasteiger partial charge is 0.274 e. The Bertz CT molecular complexity index is 1230. The fourth-order valence-electron chi connectivity index (χ4n) is 4.49. The van der Waals surface area contributed by atoms with E-state index in [1.165, 1.54) is 37.6 Å². The van der Waals surface area contributed by atoms with Gasteiger partial charge < -0.3 is 15.8 Å². The fourth-order valence-corrected chi connectivity index (χ4v) is 6.86. The largest absolute Gasteiger partial charge is 0.495 e. The molecule has 1 fully saturated rings. The quantitative estimate of drug-likeness (QED) is 0.687. The summed E-state index contributed by atoms with van der Waals surface area (Å²) in [7, 11) is -2.23. The highest BCUT2D eigenvalue weighted by atomic mass is 32.2. The predicted octanol–water partition coefficient (Wildman–Crippen LogP) is 3.04. The van der Waals surface area contributed by atoms with Crippen LogP contribution in [0.25, 0.3) is 0 Å². The summed E-state index contributed by atoms with van der Waals surface area (Å²) >= 11 is 0. The Labute approximate surface area is 192 Å². The van der Waals surface area contributed by atoms with Crippen molar-refractivity contribution in [1.29, 1.82) is 0 Å². The topological polar surface area (TPSA) is 124 Å². The van der Waals surface area contributed by atoms with Crippen molar-refractivity contribution < 1.29 is 22.3 Å². The summed E-state index contributed by atoms with van der Waals surface area (Å²) in [5, 5.41) is 2.67. The number of sulfone groups is 1. The average Bonchev–Trinajstić information content (AvgIpc) is 2.72. The number of anilines is 1.